The lowest BCUT2D eigenvalue weighted by atomic mass is 10.1. The molecule has 4 heteroatoms. The Morgan fingerprint density at radius 1 is 1.13 bits per heavy atom. The van der Waals surface area contributed by atoms with E-state index >= 15 is 0 Å². The molecule has 1 N–H and O–H groups in total. The molecule has 0 atom stereocenters. The van der Waals surface area contributed by atoms with Crippen molar-refractivity contribution in [2.45, 2.75) is 6.42 Å². The van der Waals surface area contributed by atoms with Crippen molar-refractivity contribution in [3.8, 4) is 5.75 Å². The van der Waals surface area contributed by atoms with Gasteiger partial charge in [0.05, 0.1) is 0 Å². The Balaban J connectivity index is 2.22. The molecule has 0 radical (unpaired) electrons. The Bertz CT molecular complexity index is 456. The minimum Gasteiger partial charge on any atom is -0.508 e. The molecule has 1 aromatic carbocycles. The van der Waals surface area contributed by atoms with Crippen molar-refractivity contribution in [1.29, 1.82) is 0 Å². The number of para-hydroxylation sites is 1. The minimum absolute atomic E-state index is 0.306. The molecule has 0 spiro atoms. The van der Waals surface area contributed by atoms with Crippen molar-refractivity contribution in [2.75, 3.05) is 0 Å². The maximum atomic E-state index is 9.58. The fraction of sp³-hybridized carbons (Fsp3) is 0.0909. The van der Waals surface area contributed by atoms with E-state index in [0.29, 0.717) is 16.9 Å². The van der Waals surface area contributed by atoms with Crippen molar-refractivity contribution in [3.63, 3.8) is 0 Å². The molecule has 0 aliphatic carbocycles. The van der Waals surface area contributed by atoms with Crippen LogP contribution < -0.4 is 0 Å². The van der Waals surface area contributed by atoms with Crippen molar-refractivity contribution >= 4 is 15.9 Å². The third kappa shape index (κ3) is 2.53. The van der Waals surface area contributed by atoms with Gasteiger partial charge in [-0.25, -0.2) is 9.97 Å². The van der Waals surface area contributed by atoms with E-state index < -0.39 is 0 Å². The topological polar surface area (TPSA) is 46.0 Å². The number of nitrogens with zero attached hydrogens (tertiary/aromatic N) is 2. The summed E-state index contributed by atoms with van der Waals surface area (Å²) in [5, 5.41) is 9.58. The summed E-state index contributed by atoms with van der Waals surface area (Å²) in [4.78, 5) is 8.06. The van der Waals surface area contributed by atoms with Gasteiger partial charge >= 0.3 is 0 Å². The van der Waals surface area contributed by atoms with Gasteiger partial charge < -0.3 is 5.11 Å². The lowest BCUT2D eigenvalue weighted by Crippen LogP contribution is -1.91. The van der Waals surface area contributed by atoms with Crippen LogP contribution in [0.25, 0.3) is 0 Å². The van der Waals surface area contributed by atoms with Gasteiger partial charge in [-0.05, 0) is 33.1 Å². The third-order valence-electron chi connectivity index (χ3n) is 2.06. The van der Waals surface area contributed by atoms with Crippen molar-refractivity contribution < 1.29 is 5.11 Å². The fourth-order valence-electron chi connectivity index (χ4n) is 1.31. The molecule has 0 unspecified atom stereocenters. The molecule has 0 fully saturated rings. The molecule has 76 valence electrons. The van der Waals surface area contributed by atoms with Gasteiger partial charge in [0.1, 0.15) is 5.75 Å². The average Bonchev–Trinajstić information content (AvgIpc) is 2.25. The molecule has 2 rings (SSSR count). The molecule has 0 aliphatic heterocycles. The summed E-state index contributed by atoms with van der Waals surface area (Å²) >= 11 is 3.17. The second-order valence-corrected chi connectivity index (χ2v) is 3.88. The van der Waals surface area contributed by atoms with Crippen LogP contribution in [0.4, 0.5) is 0 Å². The molecule has 1 aromatic heterocycles. The van der Waals surface area contributed by atoms with Crippen LogP contribution in [0.3, 0.4) is 0 Å². The number of rotatable bonds is 2. The Labute approximate surface area is 96.0 Å². The van der Waals surface area contributed by atoms with E-state index in [1.807, 2.05) is 12.1 Å². The Kier molecular flexibility index (Phi) is 2.97. The van der Waals surface area contributed by atoms with E-state index in [4.69, 9.17) is 0 Å². The number of hydrogen-bond donors (Lipinski definition) is 1. The van der Waals surface area contributed by atoms with Crippen LogP contribution in [0, 0.1) is 0 Å². The number of aromatic nitrogens is 2. The molecule has 0 amide bonds. The van der Waals surface area contributed by atoms with Gasteiger partial charge in [0.15, 0.2) is 4.73 Å². The lowest BCUT2D eigenvalue weighted by molar-refractivity contribution is 0.469. The highest BCUT2D eigenvalue weighted by Crippen LogP contribution is 2.19. The van der Waals surface area contributed by atoms with Crippen molar-refractivity contribution in [1.82, 2.24) is 9.97 Å². The lowest BCUT2D eigenvalue weighted by Gasteiger charge is -2.03. The van der Waals surface area contributed by atoms with Crippen LogP contribution in [0.15, 0.2) is 41.4 Å². The number of benzene rings is 1. The average molecular weight is 265 g/mol. The van der Waals surface area contributed by atoms with E-state index in [-0.39, 0.29) is 0 Å². The first-order chi connectivity index (χ1) is 7.25. The van der Waals surface area contributed by atoms with Gasteiger partial charge in [-0.3, -0.25) is 0 Å². The standard InChI is InChI=1S/C11H9BrN2O/c12-11-13-6-8(7-14-11)5-9-3-1-2-4-10(9)15/h1-4,6-7,15H,5H2. The summed E-state index contributed by atoms with van der Waals surface area (Å²) < 4.78 is 0.573. The zero-order valence-corrected chi connectivity index (χ0v) is 9.48. The summed E-state index contributed by atoms with van der Waals surface area (Å²) in [6.45, 7) is 0. The smallest absolute Gasteiger partial charge is 0.196 e. The second kappa shape index (κ2) is 4.40. The van der Waals surface area contributed by atoms with Crippen LogP contribution in [-0.4, -0.2) is 15.1 Å². The summed E-state index contributed by atoms with van der Waals surface area (Å²) in [5.41, 5.74) is 1.85. The molecule has 0 saturated heterocycles. The van der Waals surface area contributed by atoms with Gasteiger partial charge in [0.25, 0.3) is 0 Å². The van der Waals surface area contributed by atoms with Gasteiger partial charge in [-0.1, -0.05) is 18.2 Å². The van der Waals surface area contributed by atoms with Gasteiger partial charge in [0, 0.05) is 18.8 Å². The van der Waals surface area contributed by atoms with E-state index in [1.54, 1.807) is 24.5 Å². The van der Waals surface area contributed by atoms with Crippen LogP contribution >= 0.6 is 15.9 Å². The number of halogens is 1. The molecule has 15 heavy (non-hydrogen) atoms. The summed E-state index contributed by atoms with van der Waals surface area (Å²) in [5.74, 6) is 0.306. The third-order valence-corrected chi connectivity index (χ3v) is 2.47. The first-order valence-corrected chi connectivity index (χ1v) is 5.28. The summed E-state index contributed by atoms with van der Waals surface area (Å²) in [6, 6.07) is 7.26. The number of aromatic hydroxyl groups is 1. The number of hydrogen-bond acceptors (Lipinski definition) is 3. The molecule has 0 aliphatic rings. The first kappa shape index (κ1) is 10.1. The van der Waals surface area contributed by atoms with E-state index in [2.05, 4.69) is 25.9 Å². The first-order valence-electron chi connectivity index (χ1n) is 4.49. The van der Waals surface area contributed by atoms with E-state index in [1.165, 1.54) is 0 Å². The maximum absolute atomic E-state index is 9.58. The highest BCUT2D eigenvalue weighted by Gasteiger charge is 2.01. The predicted molar refractivity (Wildman–Crippen MR) is 60.6 cm³/mol. The Morgan fingerprint density at radius 3 is 2.47 bits per heavy atom. The maximum Gasteiger partial charge on any atom is 0.196 e. The molecule has 2 aromatic rings. The zero-order valence-electron chi connectivity index (χ0n) is 7.89. The Hall–Kier alpha value is -1.42. The van der Waals surface area contributed by atoms with Gasteiger partial charge in [-0.2, -0.15) is 0 Å². The number of phenols is 1. The second-order valence-electron chi connectivity index (χ2n) is 3.17. The minimum atomic E-state index is 0.306. The summed E-state index contributed by atoms with van der Waals surface area (Å²) in [7, 11) is 0. The normalized spacial score (nSPS) is 10.2. The van der Waals surface area contributed by atoms with E-state index in [0.717, 1.165) is 11.1 Å². The predicted octanol–water partition coefficient (Wildman–Crippen LogP) is 2.54. The van der Waals surface area contributed by atoms with Crippen LogP contribution in [0.5, 0.6) is 5.75 Å². The Morgan fingerprint density at radius 2 is 1.80 bits per heavy atom. The fourth-order valence-corrected chi connectivity index (χ4v) is 1.52. The monoisotopic (exact) mass is 264 g/mol. The number of phenolic OH excluding ortho intramolecular Hbond substituents is 1. The van der Waals surface area contributed by atoms with E-state index in [9.17, 15) is 5.11 Å². The molecule has 3 nitrogen and oxygen atoms in total. The zero-order chi connectivity index (χ0) is 10.7. The molecule has 0 bridgehead atoms. The van der Waals surface area contributed by atoms with Crippen molar-refractivity contribution in [3.05, 3.63) is 52.5 Å². The summed E-state index contributed by atoms with van der Waals surface area (Å²) in [6.07, 6.45) is 4.12. The van der Waals surface area contributed by atoms with Crippen LogP contribution in [0.1, 0.15) is 11.1 Å². The van der Waals surface area contributed by atoms with Gasteiger partial charge in [-0.15, -0.1) is 0 Å². The van der Waals surface area contributed by atoms with Crippen LogP contribution in [-0.2, 0) is 6.42 Å². The highest BCUT2D eigenvalue weighted by molar-refractivity contribution is 9.10. The molecule has 1 heterocycles. The quantitative estimate of drug-likeness (QED) is 0.849. The van der Waals surface area contributed by atoms with Crippen LogP contribution in [0.2, 0.25) is 0 Å². The molecule has 0 saturated carbocycles. The largest absolute Gasteiger partial charge is 0.508 e. The highest BCUT2D eigenvalue weighted by atomic mass is 79.9. The molecular formula is C11H9BrN2O. The van der Waals surface area contributed by atoms with Crippen molar-refractivity contribution in [2.24, 2.45) is 0 Å². The van der Waals surface area contributed by atoms with Gasteiger partial charge in [0.2, 0.25) is 0 Å². The SMILES string of the molecule is Oc1ccccc1Cc1cnc(Br)nc1. The molecular weight excluding hydrogens is 256 g/mol.